The van der Waals surface area contributed by atoms with E-state index in [0.29, 0.717) is 48.7 Å². The van der Waals surface area contributed by atoms with Gasteiger partial charge in [0.2, 0.25) is 5.75 Å². The molecule has 0 radical (unpaired) electrons. The molecule has 9 nitrogen and oxygen atoms in total. The van der Waals surface area contributed by atoms with E-state index < -0.39 is 17.2 Å². The van der Waals surface area contributed by atoms with Crippen molar-refractivity contribution in [3.05, 3.63) is 35.4 Å². The predicted octanol–water partition coefficient (Wildman–Crippen LogP) is 4.09. The first-order valence-corrected chi connectivity index (χ1v) is 12.6. The Bertz CT molecular complexity index is 1010. The SMILES string of the molecule is CCCOc1c(OCC(C)O)cc(C2CCC(c3cc(OC)c(OC)c(OC)c3)O2)cc1S(=O)[O-].[Y+3]. The average Bonchev–Trinajstić information content (AvgIpc) is 3.35. The number of aliphatic hydroxyl groups excluding tert-OH is 1. The van der Waals surface area contributed by atoms with Gasteiger partial charge in [-0.15, -0.1) is 0 Å². The van der Waals surface area contributed by atoms with Gasteiger partial charge in [0.15, 0.2) is 23.0 Å². The summed E-state index contributed by atoms with van der Waals surface area (Å²) >= 11 is -2.56. The van der Waals surface area contributed by atoms with E-state index in [2.05, 4.69) is 0 Å². The molecule has 3 rings (SSSR count). The minimum atomic E-state index is -2.56. The zero-order chi connectivity index (χ0) is 25.5. The van der Waals surface area contributed by atoms with E-state index in [9.17, 15) is 13.9 Å². The number of methoxy groups -OCH3 is 3. The van der Waals surface area contributed by atoms with Crippen LogP contribution in [-0.4, -0.2) is 54.5 Å². The second-order valence-corrected chi connectivity index (χ2v) is 9.15. The van der Waals surface area contributed by atoms with Crippen LogP contribution < -0.4 is 23.7 Å². The van der Waals surface area contributed by atoms with Crippen LogP contribution in [-0.2, 0) is 48.5 Å². The third-order valence-electron chi connectivity index (χ3n) is 5.60. The van der Waals surface area contributed by atoms with Gasteiger partial charge in [-0.1, -0.05) is 6.92 Å². The summed E-state index contributed by atoms with van der Waals surface area (Å²) in [6.45, 7) is 3.84. The Morgan fingerprint density at radius 1 is 0.972 bits per heavy atom. The maximum Gasteiger partial charge on any atom is 3.00 e. The van der Waals surface area contributed by atoms with Gasteiger partial charge in [-0.2, -0.15) is 0 Å². The molecule has 0 aliphatic carbocycles. The van der Waals surface area contributed by atoms with Gasteiger partial charge in [0.05, 0.1) is 51.1 Å². The van der Waals surface area contributed by atoms with Crippen LogP contribution in [0.25, 0.3) is 0 Å². The zero-order valence-electron chi connectivity index (χ0n) is 21.3. The third kappa shape index (κ3) is 7.33. The van der Waals surface area contributed by atoms with E-state index in [1.54, 1.807) is 40.4 Å². The topological polar surface area (TPSA) is 116 Å². The van der Waals surface area contributed by atoms with Crippen LogP contribution in [0.1, 0.15) is 56.4 Å². The largest absolute Gasteiger partial charge is 3.00 e. The minimum Gasteiger partial charge on any atom is -0.768 e. The quantitative estimate of drug-likeness (QED) is 0.361. The summed E-state index contributed by atoms with van der Waals surface area (Å²) in [6.07, 6.45) is 0.716. The molecule has 0 spiro atoms. The summed E-state index contributed by atoms with van der Waals surface area (Å²) in [7, 11) is 4.66. The average molecular weight is 599 g/mol. The van der Waals surface area contributed by atoms with Crippen molar-refractivity contribution < 1.29 is 75.0 Å². The van der Waals surface area contributed by atoms with Gasteiger partial charge in [0, 0.05) is 0 Å². The van der Waals surface area contributed by atoms with Gasteiger partial charge in [0.25, 0.3) is 0 Å². The van der Waals surface area contributed by atoms with Gasteiger partial charge < -0.3 is 38.1 Å². The molecular weight excluding hydrogens is 565 g/mol. The molecule has 0 bridgehead atoms. The molecule has 0 amide bonds. The molecule has 1 aliphatic heterocycles. The van der Waals surface area contributed by atoms with E-state index >= 15 is 0 Å². The first kappa shape index (κ1) is 30.8. The number of hydrogen-bond acceptors (Lipinski definition) is 9. The molecule has 1 fully saturated rings. The molecule has 0 aromatic heterocycles. The Morgan fingerprint density at radius 3 is 2.00 bits per heavy atom. The van der Waals surface area contributed by atoms with E-state index in [4.69, 9.17) is 28.4 Å². The van der Waals surface area contributed by atoms with Gasteiger partial charge >= 0.3 is 32.7 Å². The second-order valence-electron chi connectivity index (χ2n) is 8.24. The molecular formula is C25H33O9SY+2. The molecule has 0 saturated carbocycles. The molecule has 1 aliphatic rings. The normalized spacial score (nSPS) is 18.6. The standard InChI is InChI=1S/C25H34O9S.Y/c1-6-9-32-25-22(33-14-15(2)26)12-17(13-23(25)35(27)28)19-8-7-18(34-19)16-10-20(29-3)24(31-5)21(11-16)30-4;/h10-13,15,18-19,26H,6-9,14H2,1-5H3,(H,27,28);/q;+3/p-1. The van der Waals surface area contributed by atoms with Crippen LogP contribution in [0.15, 0.2) is 29.2 Å². The maximum atomic E-state index is 12.1. The van der Waals surface area contributed by atoms with Gasteiger partial charge in [-0.25, -0.2) is 0 Å². The van der Waals surface area contributed by atoms with Gasteiger partial charge in [-0.3, -0.25) is 4.21 Å². The Labute approximate surface area is 239 Å². The third-order valence-corrected chi connectivity index (χ3v) is 6.27. The predicted molar refractivity (Wildman–Crippen MR) is 128 cm³/mol. The monoisotopic (exact) mass is 598 g/mol. The fourth-order valence-corrected chi connectivity index (χ4v) is 4.53. The number of aliphatic hydroxyl groups is 1. The van der Waals surface area contributed by atoms with Crippen LogP contribution in [0.3, 0.4) is 0 Å². The van der Waals surface area contributed by atoms with Crippen molar-refractivity contribution in [3.63, 3.8) is 0 Å². The molecule has 11 heteroatoms. The molecule has 4 atom stereocenters. The van der Waals surface area contributed by atoms with E-state index in [0.717, 1.165) is 5.56 Å². The van der Waals surface area contributed by atoms with E-state index in [1.165, 1.54) is 0 Å². The molecule has 1 N–H and O–H groups in total. The fourth-order valence-electron chi connectivity index (χ4n) is 3.99. The van der Waals surface area contributed by atoms with Gasteiger partial charge in [-0.05, 0) is 72.7 Å². The van der Waals surface area contributed by atoms with Crippen LogP contribution >= 0.6 is 0 Å². The fraction of sp³-hybridized carbons (Fsp3) is 0.520. The van der Waals surface area contributed by atoms with Crippen molar-refractivity contribution in [2.24, 2.45) is 0 Å². The molecule has 4 unspecified atom stereocenters. The van der Waals surface area contributed by atoms with Crippen molar-refractivity contribution >= 4 is 11.1 Å². The maximum absolute atomic E-state index is 12.1. The summed E-state index contributed by atoms with van der Waals surface area (Å²) in [5.41, 5.74) is 1.52. The summed E-state index contributed by atoms with van der Waals surface area (Å²) in [5, 5.41) is 9.68. The Hall–Kier alpha value is -1.43. The molecule has 2 aromatic carbocycles. The van der Waals surface area contributed by atoms with E-state index in [-0.39, 0.29) is 67.9 Å². The van der Waals surface area contributed by atoms with Crippen LogP contribution in [0.4, 0.5) is 0 Å². The van der Waals surface area contributed by atoms with Crippen molar-refractivity contribution in [3.8, 4) is 28.7 Å². The Morgan fingerprint density at radius 2 is 1.53 bits per heavy atom. The van der Waals surface area contributed by atoms with Crippen molar-refractivity contribution in [2.75, 3.05) is 34.5 Å². The molecule has 1 heterocycles. The van der Waals surface area contributed by atoms with Crippen LogP contribution in [0.2, 0.25) is 0 Å². The number of ether oxygens (including phenoxy) is 6. The molecule has 2 aromatic rings. The van der Waals surface area contributed by atoms with E-state index in [1.807, 2.05) is 19.1 Å². The molecule has 194 valence electrons. The van der Waals surface area contributed by atoms with Crippen molar-refractivity contribution in [1.29, 1.82) is 0 Å². The Kier molecular flexibility index (Phi) is 12.4. The minimum absolute atomic E-state index is 0. The summed E-state index contributed by atoms with van der Waals surface area (Å²) < 4.78 is 58.2. The molecule has 1 saturated heterocycles. The first-order chi connectivity index (χ1) is 16.8. The Balaban J connectivity index is 0.00000456. The van der Waals surface area contributed by atoms with Crippen molar-refractivity contribution in [2.45, 2.75) is 56.3 Å². The molecule has 36 heavy (non-hydrogen) atoms. The van der Waals surface area contributed by atoms with Crippen molar-refractivity contribution in [1.82, 2.24) is 0 Å². The van der Waals surface area contributed by atoms with Gasteiger partial charge in [0.1, 0.15) is 6.61 Å². The summed E-state index contributed by atoms with van der Waals surface area (Å²) in [6, 6.07) is 6.99. The van der Waals surface area contributed by atoms with Crippen LogP contribution in [0.5, 0.6) is 28.7 Å². The number of hydrogen-bond donors (Lipinski definition) is 1. The number of benzene rings is 2. The summed E-state index contributed by atoms with van der Waals surface area (Å²) in [5.74, 6) is 1.96. The van der Waals surface area contributed by atoms with Crippen LogP contribution in [0, 0.1) is 0 Å². The first-order valence-electron chi connectivity index (χ1n) is 11.5. The summed E-state index contributed by atoms with van der Waals surface area (Å²) in [4.78, 5) is -0.00335. The smallest absolute Gasteiger partial charge is 0.768 e. The second kappa shape index (κ2) is 14.5. The zero-order valence-corrected chi connectivity index (χ0v) is 24.9. The number of rotatable bonds is 12.